The molecule has 0 radical (unpaired) electrons. The van der Waals surface area contributed by atoms with Crippen LogP contribution in [0.2, 0.25) is 0 Å². The molecule has 5 atom stereocenters. The van der Waals surface area contributed by atoms with E-state index in [2.05, 4.69) is 41.5 Å². The number of unbranched alkanes of at least 4 members (excludes halogenated alkanes) is 39. The average Bonchev–Trinajstić information content (AvgIpc) is 3.69. The number of phosphoric ester groups is 2. The molecule has 0 aromatic heterocycles. The largest absolute Gasteiger partial charge is 0.472 e. The highest BCUT2D eigenvalue weighted by molar-refractivity contribution is 7.47. The fourth-order valence-corrected chi connectivity index (χ4v) is 12.2. The second kappa shape index (κ2) is 62.2. The maximum atomic E-state index is 13.0. The predicted molar refractivity (Wildman–Crippen MR) is 358 cm³/mol. The molecule has 89 heavy (non-hydrogen) atoms. The molecule has 0 saturated carbocycles. The Bertz CT molecular complexity index is 1730. The number of aliphatic hydroxyl groups is 1. The summed E-state index contributed by atoms with van der Waals surface area (Å²) in [6, 6.07) is 0. The number of carbonyl (C=O) groups is 4. The van der Waals surface area contributed by atoms with Crippen LogP contribution in [0.5, 0.6) is 0 Å². The SMILES string of the molecule is CCCCCCCCCCCCCCCCCCCC(=O)O[C@H](COC(=O)CCCCCCCCCCCC(C)C)COP(=O)(O)OC[C@@H](O)COP(=O)(O)OC[C@@H](COC(=O)CCCCCCCCCCC)OC(=O)CCCCCCCCCCC(C)C. The molecule has 0 aromatic carbocycles. The molecule has 3 N–H and O–H groups in total. The van der Waals surface area contributed by atoms with Crippen LogP contribution in [0.1, 0.15) is 356 Å². The van der Waals surface area contributed by atoms with E-state index in [9.17, 15) is 43.2 Å². The van der Waals surface area contributed by atoms with Crippen LogP contribution < -0.4 is 0 Å². The van der Waals surface area contributed by atoms with Gasteiger partial charge in [0.1, 0.15) is 19.3 Å². The first-order chi connectivity index (χ1) is 42.9. The van der Waals surface area contributed by atoms with Crippen molar-refractivity contribution in [2.75, 3.05) is 39.6 Å². The van der Waals surface area contributed by atoms with Crippen molar-refractivity contribution in [3.8, 4) is 0 Å². The molecule has 0 amide bonds. The van der Waals surface area contributed by atoms with Gasteiger partial charge in [0.15, 0.2) is 12.2 Å². The van der Waals surface area contributed by atoms with E-state index < -0.39 is 97.5 Å². The van der Waals surface area contributed by atoms with Crippen molar-refractivity contribution in [1.82, 2.24) is 0 Å². The fraction of sp³-hybridized carbons (Fsp3) is 0.943. The second-order valence-electron chi connectivity index (χ2n) is 26.2. The number of hydrogen-bond acceptors (Lipinski definition) is 15. The summed E-state index contributed by atoms with van der Waals surface area (Å²) >= 11 is 0. The first-order valence-electron chi connectivity index (χ1n) is 36.5. The van der Waals surface area contributed by atoms with Crippen LogP contribution in [0.25, 0.3) is 0 Å². The summed E-state index contributed by atoms with van der Waals surface area (Å²) < 4.78 is 68.2. The summed E-state index contributed by atoms with van der Waals surface area (Å²) in [4.78, 5) is 72.5. The highest BCUT2D eigenvalue weighted by atomic mass is 31.2. The summed E-state index contributed by atoms with van der Waals surface area (Å²) in [6.07, 6.45) is 47.3. The zero-order valence-electron chi connectivity index (χ0n) is 57.7. The summed E-state index contributed by atoms with van der Waals surface area (Å²) in [5.74, 6) is -0.664. The van der Waals surface area contributed by atoms with Crippen LogP contribution in [0, 0.1) is 11.8 Å². The molecule has 2 unspecified atom stereocenters. The fourth-order valence-electron chi connectivity index (χ4n) is 10.6. The van der Waals surface area contributed by atoms with Crippen molar-refractivity contribution >= 4 is 39.5 Å². The van der Waals surface area contributed by atoms with Gasteiger partial charge in [-0.3, -0.25) is 37.3 Å². The molecule has 0 rings (SSSR count). The summed E-state index contributed by atoms with van der Waals surface area (Å²) in [6.45, 7) is 9.47. The molecule has 0 fully saturated rings. The van der Waals surface area contributed by atoms with Gasteiger partial charge >= 0.3 is 39.5 Å². The molecule has 0 bridgehead atoms. The third-order valence-corrected chi connectivity index (χ3v) is 18.1. The Morgan fingerprint density at radius 1 is 0.303 bits per heavy atom. The number of ether oxygens (including phenoxy) is 4. The Labute approximate surface area is 543 Å². The molecule has 0 aliphatic rings. The van der Waals surface area contributed by atoms with Crippen LogP contribution in [-0.4, -0.2) is 96.7 Å². The van der Waals surface area contributed by atoms with Crippen LogP contribution in [0.15, 0.2) is 0 Å². The first-order valence-corrected chi connectivity index (χ1v) is 39.5. The van der Waals surface area contributed by atoms with E-state index in [1.54, 1.807) is 0 Å². The minimum absolute atomic E-state index is 0.104. The highest BCUT2D eigenvalue weighted by Gasteiger charge is 2.30. The molecule has 19 heteroatoms. The van der Waals surface area contributed by atoms with E-state index in [-0.39, 0.29) is 25.7 Å². The van der Waals surface area contributed by atoms with Gasteiger partial charge in [0, 0.05) is 25.7 Å². The Hall–Kier alpha value is -1.94. The van der Waals surface area contributed by atoms with Gasteiger partial charge in [0.05, 0.1) is 26.4 Å². The van der Waals surface area contributed by atoms with Crippen molar-refractivity contribution in [2.45, 2.75) is 374 Å². The molecule has 0 spiro atoms. The van der Waals surface area contributed by atoms with Crippen LogP contribution in [-0.2, 0) is 65.4 Å². The lowest BCUT2D eigenvalue weighted by atomic mass is 10.0. The Balaban J connectivity index is 5.22. The lowest BCUT2D eigenvalue weighted by Gasteiger charge is -2.21. The Morgan fingerprint density at radius 3 is 0.764 bits per heavy atom. The molecule has 0 aromatic rings. The normalized spacial score (nSPS) is 14.1. The van der Waals surface area contributed by atoms with Crippen molar-refractivity contribution in [3.63, 3.8) is 0 Å². The minimum atomic E-state index is -4.95. The Morgan fingerprint density at radius 2 is 0.517 bits per heavy atom. The first kappa shape index (κ1) is 87.1. The van der Waals surface area contributed by atoms with Gasteiger partial charge in [0.25, 0.3) is 0 Å². The van der Waals surface area contributed by atoms with Crippen molar-refractivity contribution in [1.29, 1.82) is 0 Å². The molecule has 17 nitrogen and oxygen atoms in total. The molecular formula is C70H136O17P2. The topological polar surface area (TPSA) is 237 Å². The van der Waals surface area contributed by atoms with Crippen LogP contribution in [0.3, 0.4) is 0 Å². The zero-order valence-corrected chi connectivity index (χ0v) is 59.5. The molecule has 0 aliphatic heterocycles. The standard InChI is InChI=1S/C70H136O17P2/c1-7-9-11-13-15-17-18-19-20-21-22-23-24-28-36-42-48-54-69(74)86-65(59-81-68(73)53-47-41-35-29-25-27-32-38-44-50-62(3)4)60-84-88(76,77)82-56-64(71)57-83-89(78,79)85-61-66(58-80-67(72)52-46-40-34-26-16-14-12-10-8-2)87-70(75)55-49-43-37-31-30-33-39-45-51-63(5)6/h62-66,71H,7-61H2,1-6H3,(H,76,77)(H,78,79)/t64-,65-,66-/m1/s1. The quantitative estimate of drug-likeness (QED) is 0.0222. The molecular weight excluding hydrogens is 1170 g/mol. The van der Waals surface area contributed by atoms with Crippen molar-refractivity contribution in [2.24, 2.45) is 11.8 Å². The van der Waals surface area contributed by atoms with Gasteiger partial charge in [-0.15, -0.1) is 0 Å². The van der Waals surface area contributed by atoms with E-state index in [4.69, 9.17) is 37.0 Å². The molecule has 0 saturated heterocycles. The molecule has 0 heterocycles. The highest BCUT2D eigenvalue weighted by Crippen LogP contribution is 2.45. The summed E-state index contributed by atoms with van der Waals surface area (Å²) in [5.41, 5.74) is 0. The number of phosphoric acid groups is 2. The van der Waals surface area contributed by atoms with Crippen LogP contribution >= 0.6 is 15.6 Å². The smallest absolute Gasteiger partial charge is 0.462 e. The average molecular weight is 1310 g/mol. The summed E-state index contributed by atoms with van der Waals surface area (Å²) in [7, 11) is -9.90. The third-order valence-electron chi connectivity index (χ3n) is 16.2. The van der Waals surface area contributed by atoms with Gasteiger partial charge < -0.3 is 33.8 Å². The lowest BCUT2D eigenvalue weighted by Crippen LogP contribution is -2.30. The Kier molecular flexibility index (Phi) is 60.8. The van der Waals surface area contributed by atoms with Crippen LogP contribution in [0.4, 0.5) is 0 Å². The summed E-state index contributed by atoms with van der Waals surface area (Å²) in [5, 5.41) is 10.6. The van der Waals surface area contributed by atoms with Crippen molar-refractivity contribution in [3.05, 3.63) is 0 Å². The number of hydrogen-bond donors (Lipinski definition) is 3. The van der Waals surface area contributed by atoms with Gasteiger partial charge in [0.2, 0.25) is 0 Å². The zero-order chi connectivity index (χ0) is 65.7. The molecule has 528 valence electrons. The van der Waals surface area contributed by atoms with E-state index in [1.165, 1.54) is 173 Å². The van der Waals surface area contributed by atoms with Gasteiger partial charge in [-0.25, -0.2) is 9.13 Å². The maximum absolute atomic E-state index is 13.0. The lowest BCUT2D eigenvalue weighted by molar-refractivity contribution is -0.161. The number of rotatable bonds is 69. The number of aliphatic hydroxyl groups excluding tert-OH is 1. The number of carbonyl (C=O) groups excluding carboxylic acids is 4. The van der Waals surface area contributed by atoms with E-state index in [0.29, 0.717) is 25.7 Å². The predicted octanol–water partition coefficient (Wildman–Crippen LogP) is 20.0. The maximum Gasteiger partial charge on any atom is 0.472 e. The van der Waals surface area contributed by atoms with E-state index >= 15 is 0 Å². The second-order valence-corrected chi connectivity index (χ2v) is 29.1. The van der Waals surface area contributed by atoms with E-state index in [0.717, 1.165) is 102 Å². The monoisotopic (exact) mass is 1310 g/mol. The van der Waals surface area contributed by atoms with Gasteiger partial charge in [-0.05, 0) is 37.5 Å². The van der Waals surface area contributed by atoms with Gasteiger partial charge in [-0.2, -0.15) is 0 Å². The van der Waals surface area contributed by atoms with Gasteiger partial charge in [-0.1, -0.05) is 305 Å². The third kappa shape index (κ3) is 64.6. The van der Waals surface area contributed by atoms with E-state index in [1.807, 2.05) is 0 Å². The molecule has 0 aliphatic carbocycles. The van der Waals surface area contributed by atoms with Crippen molar-refractivity contribution < 1.29 is 80.2 Å². The minimum Gasteiger partial charge on any atom is -0.462 e. The number of esters is 4.